The summed E-state index contributed by atoms with van der Waals surface area (Å²) in [6.07, 6.45) is 2.93. The molecule has 0 saturated carbocycles. The molecule has 2 amide bonds. The number of nitrogens with one attached hydrogen (secondary N) is 3. The molecule has 0 bridgehead atoms. The molecule has 2 aromatic rings. The molecule has 1 saturated heterocycles. The molecule has 1 aromatic carbocycles. The number of para-hydroxylation sites is 2. The molecule has 1 atom stereocenters. The van der Waals surface area contributed by atoms with E-state index < -0.39 is 0 Å². The minimum absolute atomic E-state index is 0.0664. The molecule has 1 aromatic heterocycles. The van der Waals surface area contributed by atoms with Crippen LogP contribution in [0.5, 0.6) is 0 Å². The van der Waals surface area contributed by atoms with Gasteiger partial charge in [0.2, 0.25) is 5.91 Å². The fourth-order valence-electron chi connectivity index (χ4n) is 2.36. The number of hydrogen-bond donors (Lipinski definition) is 4. The topological polar surface area (TPSA) is 109 Å². The maximum Gasteiger partial charge on any atom is 0.274 e. The number of amides is 2. The van der Waals surface area contributed by atoms with E-state index in [1.807, 2.05) is 0 Å². The van der Waals surface area contributed by atoms with Gasteiger partial charge in [-0.1, -0.05) is 12.1 Å². The second-order valence-electron chi connectivity index (χ2n) is 5.67. The zero-order chi connectivity index (χ0) is 16.9. The van der Waals surface area contributed by atoms with Crippen molar-refractivity contribution in [3.05, 3.63) is 48.3 Å². The van der Waals surface area contributed by atoms with Gasteiger partial charge in [0.25, 0.3) is 5.91 Å². The Kier molecular flexibility index (Phi) is 4.72. The van der Waals surface area contributed by atoms with Crippen LogP contribution in [0.1, 0.15) is 23.3 Å². The monoisotopic (exact) mass is 325 g/mol. The van der Waals surface area contributed by atoms with E-state index in [1.165, 1.54) is 6.20 Å². The van der Waals surface area contributed by atoms with E-state index in [2.05, 4.69) is 20.9 Å². The van der Waals surface area contributed by atoms with Crippen LogP contribution in [-0.2, 0) is 4.79 Å². The quantitative estimate of drug-likeness (QED) is 0.624. The summed E-state index contributed by atoms with van der Waals surface area (Å²) in [5.74, 6) is -0.423. The highest BCUT2D eigenvalue weighted by Gasteiger charge is 2.19. The smallest absolute Gasteiger partial charge is 0.274 e. The van der Waals surface area contributed by atoms with Gasteiger partial charge in [-0.3, -0.25) is 9.59 Å². The van der Waals surface area contributed by atoms with Crippen molar-refractivity contribution >= 4 is 28.9 Å². The summed E-state index contributed by atoms with van der Waals surface area (Å²) in [6, 6.07) is 10.5. The minimum Gasteiger partial charge on any atom is -0.397 e. The number of nitrogens with two attached hydrogens (primary N) is 1. The number of nitrogen functional groups attached to an aromatic ring is 1. The van der Waals surface area contributed by atoms with Crippen LogP contribution in [0, 0.1) is 0 Å². The summed E-state index contributed by atoms with van der Waals surface area (Å²) in [7, 11) is 0. The fourth-order valence-corrected chi connectivity index (χ4v) is 2.36. The van der Waals surface area contributed by atoms with Crippen LogP contribution in [-0.4, -0.2) is 29.4 Å². The number of carbonyl (C=O) groups excluding carboxylic acids is 2. The van der Waals surface area contributed by atoms with E-state index in [1.54, 1.807) is 36.4 Å². The van der Waals surface area contributed by atoms with Gasteiger partial charge in [0.05, 0.1) is 23.3 Å². The Morgan fingerprint density at radius 3 is 2.62 bits per heavy atom. The molecule has 1 aliphatic rings. The molecule has 7 heteroatoms. The lowest BCUT2D eigenvalue weighted by Crippen LogP contribution is -2.44. The zero-order valence-corrected chi connectivity index (χ0v) is 13.1. The summed E-state index contributed by atoms with van der Waals surface area (Å²) in [6.45, 7) is 0.967. The molecular weight excluding hydrogens is 306 g/mol. The third kappa shape index (κ3) is 3.88. The van der Waals surface area contributed by atoms with Gasteiger partial charge >= 0.3 is 0 Å². The Labute approximate surface area is 139 Å². The molecule has 2 heterocycles. The Morgan fingerprint density at radius 2 is 2.00 bits per heavy atom. The van der Waals surface area contributed by atoms with Gasteiger partial charge in [0, 0.05) is 12.5 Å². The van der Waals surface area contributed by atoms with Gasteiger partial charge in [-0.15, -0.1) is 0 Å². The predicted octanol–water partition coefficient (Wildman–Crippen LogP) is 1.61. The molecular formula is C17H19N5O2. The van der Waals surface area contributed by atoms with E-state index >= 15 is 0 Å². The molecule has 0 radical (unpaired) electrons. The number of aromatic nitrogens is 1. The Hall–Kier alpha value is -2.93. The maximum atomic E-state index is 12.2. The Balaban J connectivity index is 1.58. The number of benzene rings is 1. The number of anilines is 3. The normalized spacial score (nSPS) is 16.1. The predicted molar refractivity (Wildman–Crippen MR) is 92.7 cm³/mol. The van der Waals surface area contributed by atoms with Gasteiger partial charge in [-0.05, 0) is 37.2 Å². The van der Waals surface area contributed by atoms with Crippen LogP contribution in [0.3, 0.4) is 0 Å². The first kappa shape index (κ1) is 15.9. The fraction of sp³-hybridized carbons (Fsp3) is 0.235. The van der Waals surface area contributed by atoms with Gasteiger partial charge in [0.1, 0.15) is 5.69 Å². The highest BCUT2D eigenvalue weighted by Crippen LogP contribution is 2.18. The molecule has 1 aliphatic heterocycles. The summed E-state index contributed by atoms with van der Waals surface area (Å²) < 4.78 is 0. The second-order valence-corrected chi connectivity index (χ2v) is 5.67. The molecule has 7 nitrogen and oxygen atoms in total. The van der Waals surface area contributed by atoms with Crippen LogP contribution in [0.2, 0.25) is 0 Å². The van der Waals surface area contributed by atoms with Crippen LogP contribution < -0.4 is 21.7 Å². The van der Waals surface area contributed by atoms with E-state index in [0.29, 0.717) is 23.5 Å². The lowest BCUT2D eigenvalue weighted by Gasteiger charge is -2.26. The first-order chi connectivity index (χ1) is 11.6. The van der Waals surface area contributed by atoms with Crippen LogP contribution in [0.25, 0.3) is 0 Å². The summed E-state index contributed by atoms with van der Waals surface area (Å²) in [4.78, 5) is 28.1. The highest BCUT2D eigenvalue weighted by molar-refractivity contribution is 6.04. The highest BCUT2D eigenvalue weighted by atomic mass is 16.2. The molecule has 5 N–H and O–H groups in total. The molecule has 1 unspecified atom stereocenters. The maximum absolute atomic E-state index is 12.2. The van der Waals surface area contributed by atoms with Gasteiger partial charge in [0.15, 0.2) is 0 Å². The van der Waals surface area contributed by atoms with Crippen molar-refractivity contribution < 1.29 is 9.59 Å². The first-order valence-corrected chi connectivity index (χ1v) is 7.77. The first-order valence-electron chi connectivity index (χ1n) is 7.77. The number of rotatable bonds is 5. The molecule has 124 valence electrons. The van der Waals surface area contributed by atoms with Crippen molar-refractivity contribution in [3.8, 4) is 0 Å². The lowest BCUT2D eigenvalue weighted by atomic mass is 10.0. The lowest BCUT2D eigenvalue weighted by molar-refractivity contribution is -0.117. The Bertz CT molecular complexity index is 741. The minimum atomic E-state index is -0.357. The SMILES string of the molecule is Nc1ccccc1NC(=O)c1ccc(NC(=O)CC2CCN2)cn1. The number of hydrogen-bond acceptors (Lipinski definition) is 5. The van der Waals surface area contributed by atoms with Crippen molar-refractivity contribution in [1.82, 2.24) is 10.3 Å². The van der Waals surface area contributed by atoms with E-state index in [4.69, 9.17) is 5.73 Å². The molecule has 1 fully saturated rings. The van der Waals surface area contributed by atoms with Gasteiger partial charge < -0.3 is 21.7 Å². The van der Waals surface area contributed by atoms with Gasteiger partial charge in [-0.2, -0.15) is 0 Å². The van der Waals surface area contributed by atoms with Crippen molar-refractivity contribution in [2.45, 2.75) is 18.9 Å². The number of carbonyl (C=O) groups is 2. The van der Waals surface area contributed by atoms with Crippen LogP contribution in [0.4, 0.5) is 17.1 Å². The summed E-state index contributed by atoms with van der Waals surface area (Å²) >= 11 is 0. The molecule has 24 heavy (non-hydrogen) atoms. The molecule has 0 spiro atoms. The number of pyridine rings is 1. The van der Waals surface area contributed by atoms with Crippen molar-refractivity contribution in [3.63, 3.8) is 0 Å². The standard InChI is InChI=1S/C17H19N5O2/c18-13-3-1-2-4-14(13)22-17(24)15-6-5-12(10-20-15)21-16(23)9-11-7-8-19-11/h1-6,10-11,19H,7-9,18H2,(H,21,23)(H,22,24). The van der Waals surface area contributed by atoms with Crippen molar-refractivity contribution in [1.29, 1.82) is 0 Å². The van der Waals surface area contributed by atoms with E-state index in [9.17, 15) is 9.59 Å². The zero-order valence-electron chi connectivity index (χ0n) is 13.1. The van der Waals surface area contributed by atoms with Crippen LogP contribution in [0.15, 0.2) is 42.6 Å². The largest absolute Gasteiger partial charge is 0.397 e. The molecule has 3 rings (SSSR count). The number of nitrogens with zero attached hydrogens (tertiary/aromatic N) is 1. The van der Waals surface area contributed by atoms with E-state index in [0.717, 1.165) is 13.0 Å². The molecule has 0 aliphatic carbocycles. The van der Waals surface area contributed by atoms with Crippen molar-refractivity contribution in [2.24, 2.45) is 0 Å². The average molecular weight is 325 g/mol. The summed E-state index contributed by atoms with van der Waals surface area (Å²) in [5, 5.41) is 8.65. The second kappa shape index (κ2) is 7.10. The van der Waals surface area contributed by atoms with Gasteiger partial charge in [-0.25, -0.2) is 4.98 Å². The third-order valence-electron chi connectivity index (χ3n) is 3.85. The van der Waals surface area contributed by atoms with E-state index in [-0.39, 0.29) is 23.6 Å². The van der Waals surface area contributed by atoms with Crippen LogP contribution >= 0.6 is 0 Å². The third-order valence-corrected chi connectivity index (χ3v) is 3.85. The average Bonchev–Trinajstić information content (AvgIpc) is 2.54. The summed E-state index contributed by atoms with van der Waals surface area (Å²) in [5.41, 5.74) is 7.63. The van der Waals surface area contributed by atoms with Crippen molar-refractivity contribution in [2.75, 3.05) is 22.9 Å². The Morgan fingerprint density at radius 1 is 1.21 bits per heavy atom.